The topological polar surface area (TPSA) is 61.8 Å². The van der Waals surface area contributed by atoms with Gasteiger partial charge in [-0.1, -0.05) is 49.6 Å². The molecule has 0 aromatic carbocycles. The molecule has 1 saturated carbocycles. The Morgan fingerprint density at radius 3 is 2.91 bits per heavy atom. The minimum absolute atomic E-state index is 0.0260. The number of esters is 1. The van der Waals surface area contributed by atoms with Crippen LogP contribution in [0.2, 0.25) is 0 Å². The lowest BCUT2D eigenvalue weighted by Gasteiger charge is -2.29. The first-order chi connectivity index (χ1) is 16.0. The first-order valence-corrected chi connectivity index (χ1v) is 12.6. The van der Waals surface area contributed by atoms with Gasteiger partial charge < -0.3 is 14.2 Å². The van der Waals surface area contributed by atoms with Gasteiger partial charge in [0.15, 0.2) is 18.2 Å². The molecule has 2 fully saturated rings. The molecular formula is C27H39FO5. The van der Waals surface area contributed by atoms with E-state index in [0.29, 0.717) is 24.7 Å². The molecule has 0 aromatic rings. The molecular weight excluding hydrogens is 423 g/mol. The monoisotopic (exact) mass is 462 g/mol. The molecule has 0 bridgehead atoms. The summed E-state index contributed by atoms with van der Waals surface area (Å²) in [5, 5.41) is 0. The zero-order valence-corrected chi connectivity index (χ0v) is 20.0. The fraction of sp³-hybridized carbons (Fsp3) is 0.704. The summed E-state index contributed by atoms with van der Waals surface area (Å²) in [6.45, 7) is 2.72. The molecule has 0 spiro atoms. The highest BCUT2D eigenvalue weighted by Crippen LogP contribution is 2.49. The number of unbranched alkanes of at least 4 members (excludes halogenated alkanes) is 1. The molecule has 3 aliphatic rings. The number of hydrogen-bond acceptors (Lipinski definition) is 5. The predicted molar refractivity (Wildman–Crippen MR) is 125 cm³/mol. The van der Waals surface area contributed by atoms with Crippen molar-refractivity contribution in [1.82, 2.24) is 0 Å². The summed E-state index contributed by atoms with van der Waals surface area (Å²) in [7, 11) is 1.40. The summed E-state index contributed by atoms with van der Waals surface area (Å²) < 4.78 is 31.0. The Bertz CT molecular complexity index is 737. The summed E-state index contributed by atoms with van der Waals surface area (Å²) in [5.74, 6) is 0.108. The molecule has 184 valence electrons. The number of methoxy groups -OCH3 is 1. The molecule has 1 heterocycles. The minimum Gasteiger partial charge on any atom is -0.469 e. The van der Waals surface area contributed by atoms with Gasteiger partial charge >= 0.3 is 5.97 Å². The second-order valence-electron chi connectivity index (χ2n) is 9.45. The van der Waals surface area contributed by atoms with Gasteiger partial charge in [0.25, 0.3) is 0 Å². The van der Waals surface area contributed by atoms with Crippen molar-refractivity contribution in [1.29, 1.82) is 0 Å². The second kappa shape index (κ2) is 13.2. The third kappa shape index (κ3) is 7.61. The Morgan fingerprint density at radius 2 is 2.18 bits per heavy atom. The molecule has 2 unspecified atom stereocenters. The summed E-state index contributed by atoms with van der Waals surface area (Å²) in [6.07, 6.45) is 15.9. The van der Waals surface area contributed by atoms with E-state index in [1.54, 1.807) is 0 Å². The first kappa shape index (κ1) is 25.8. The number of carbonyl (C=O) groups is 2. The van der Waals surface area contributed by atoms with Gasteiger partial charge in [0.1, 0.15) is 0 Å². The van der Waals surface area contributed by atoms with E-state index >= 15 is 0 Å². The zero-order chi connectivity index (χ0) is 23.6. The lowest BCUT2D eigenvalue weighted by atomic mass is 9.89. The Kier molecular flexibility index (Phi) is 10.3. The van der Waals surface area contributed by atoms with E-state index in [0.717, 1.165) is 51.6 Å². The van der Waals surface area contributed by atoms with Crippen LogP contribution in [-0.2, 0) is 23.8 Å². The van der Waals surface area contributed by atoms with E-state index in [2.05, 4.69) is 16.9 Å². The van der Waals surface area contributed by atoms with Crippen LogP contribution in [0.1, 0.15) is 71.1 Å². The fourth-order valence-corrected chi connectivity index (χ4v) is 5.18. The number of ether oxygens (including phenoxy) is 3. The molecule has 0 aromatic heterocycles. The molecule has 0 amide bonds. The maximum absolute atomic E-state index is 14.2. The van der Waals surface area contributed by atoms with Gasteiger partial charge in [-0.25, -0.2) is 4.39 Å². The highest BCUT2D eigenvalue weighted by molar-refractivity contribution is 5.93. The summed E-state index contributed by atoms with van der Waals surface area (Å²) in [6, 6.07) is 0. The van der Waals surface area contributed by atoms with Crippen LogP contribution in [0.5, 0.6) is 0 Å². The number of ketones is 1. The average molecular weight is 463 g/mol. The molecule has 3 rings (SSSR count). The molecule has 1 saturated heterocycles. The minimum atomic E-state index is -1.42. The van der Waals surface area contributed by atoms with Crippen LogP contribution in [-0.4, -0.2) is 44.0 Å². The van der Waals surface area contributed by atoms with Gasteiger partial charge in [0.05, 0.1) is 13.2 Å². The summed E-state index contributed by atoms with van der Waals surface area (Å²) in [5.41, 5.74) is 1.25. The number of carbonyl (C=O) groups excluding carboxylic acids is 2. The van der Waals surface area contributed by atoms with Crippen molar-refractivity contribution in [3.63, 3.8) is 0 Å². The Labute approximate surface area is 197 Å². The standard InChI is InChI=1S/C27H39FO5/c1-3-4-10-23(28)24(29)14-13-21-22-17-19(9-5-6-11-26(30)31-2)16-20(22)18-25(21)33-27-12-7-8-15-32-27/h5,9,13-14,16,20-23,25,27H,3-4,6-8,10-12,15,17-18H2,1-2H3/b9-5?,14-13+/t20-,21-,22-,23?,25+,27?/m0/s1. The summed E-state index contributed by atoms with van der Waals surface area (Å²) in [4.78, 5) is 23.6. The van der Waals surface area contributed by atoms with Gasteiger partial charge in [-0.05, 0) is 62.9 Å². The molecule has 1 aliphatic heterocycles. The normalized spacial score (nSPS) is 30.5. The molecule has 5 nitrogen and oxygen atoms in total. The number of fused-ring (bicyclic) bond motifs is 1. The summed E-state index contributed by atoms with van der Waals surface area (Å²) >= 11 is 0. The molecule has 6 atom stereocenters. The molecule has 6 heteroatoms. The van der Waals surface area contributed by atoms with E-state index < -0.39 is 12.0 Å². The largest absolute Gasteiger partial charge is 0.469 e. The zero-order valence-electron chi connectivity index (χ0n) is 20.0. The van der Waals surface area contributed by atoms with E-state index in [-0.39, 0.29) is 30.7 Å². The number of hydrogen-bond donors (Lipinski definition) is 0. The second-order valence-corrected chi connectivity index (χ2v) is 9.45. The maximum Gasteiger partial charge on any atom is 0.305 e. The highest BCUT2D eigenvalue weighted by Gasteiger charge is 2.45. The van der Waals surface area contributed by atoms with Crippen LogP contribution in [0, 0.1) is 17.8 Å². The maximum atomic E-state index is 14.2. The van der Waals surface area contributed by atoms with Gasteiger partial charge in [-0.3, -0.25) is 9.59 Å². The van der Waals surface area contributed by atoms with Crippen molar-refractivity contribution >= 4 is 11.8 Å². The van der Waals surface area contributed by atoms with Gasteiger partial charge in [0.2, 0.25) is 0 Å². The van der Waals surface area contributed by atoms with Crippen molar-refractivity contribution < 1.29 is 28.2 Å². The lowest BCUT2D eigenvalue weighted by Crippen LogP contribution is -2.31. The van der Waals surface area contributed by atoms with Crippen molar-refractivity contribution in [3.8, 4) is 0 Å². The smallest absolute Gasteiger partial charge is 0.305 e. The SMILES string of the molecule is CCCCC(F)C(=O)/C=C/[C@H]1[C@H]2CC(C=CCCC(=O)OC)=C[C@H]2C[C@H]1OC1CCCCO1. The van der Waals surface area contributed by atoms with Gasteiger partial charge in [-0.2, -0.15) is 0 Å². The molecule has 0 radical (unpaired) electrons. The highest BCUT2D eigenvalue weighted by atomic mass is 19.1. The van der Waals surface area contributed by atoms with Crippen LogP contribution in [0.25, 0.3) is 0 Å². The average Bonchev–Trinajstić information content (AvgIpc) is 3.36. The first-order valence-electron chi connectivity index (χ1n) is 12.6. The van der Waals surface area contributed by atoms with Crippen molar-refractivity contribution in [2.24, 2.45) is 17.8 Å². The van der Waals surface area contributed by atoms with Crippen molar-refractivity contribution in [3.05, 3.63) is 36.0 Å². The van der Waals surface area contributed by atoms with Crippen LogP contribution in [0.4, 0.5) is 4.39 Å². The van der Waals surface area contributed by atoms with Crippen molar-refractivity contribution in [2.75, 3.05) is 13.7 Å². The predicted octanol–water partition coefficient (Wildman–Crippen LogP) is 5.64. The third-order valence-corrected chi connectivity index (χ3v) is 7.02. The fourth-order valence-electron chi connectivity index (χ4n) is 5.18. The molecule has 2 aliphatic carbocycles. The van der Waals surface area contributed by atoms with E-state index in [1.807, 2.05) is 19.1 Å². The number of alkyl halides is 1. The quantitative estimate of drug-likeness (QED) is 0.277. The van der Waals surface area contributed by atoms with E-state index in [4.69, 9.17) is 9.47 Å². The van der Waals surface area contributed by atoms with Gasteiger partial charge in [-0.15, -0.1) is 0 Å². The molecule has 0 N–H and O–H groups in total. The Morgan fingerprint density at radius 1 is 1.33 bits per heavy atom. The van der Waals surface area contributed by atoms with E-state index in [9.17, 15) is 14.0 Å². The van der Waals surface area contributed by atoms with Crippen LogP contribution in [0.15, 0.2) is 36.0 Å². The van der Waals surface area contributed by atoms with Crippen molar-refractivity contribution in [2.45, 2.75) is 89.7 Å². The number of halogens is 1. The Hall–Kier alpha value is -1.79. The number of rotatable bonds is 12. The van der Waals surface area contributed by atoms with E-state index in [1.165, 1.54) is 18.8 Å². The Balaban J connectivity index is 1.63. The number of allylic oxidation sites excluding steroid dienone is 5. The lowest BCUT2D eigenvalue weighted by molar-refractivity contribution is -0.192. The van der Waals surface area contributed by atoms with Crippen LogP contribution < -0.4 is 0 Å². The molecule has 33 heavy (non-hydrogen) atoms. The van der Waals surface area contributed by atoms with Crippen LogP contribution >= 0.6 is 0 Å². The third-order valence-electron chi connectivity index (χ3n) is 7.02. The van der Waals surface area contributed by atoms with Crippen LogP contribution in [0.3, 0.4) is 0 Å². The van der Waals surface area contributed by atoms with Gasteiger partial charge in [0, 0.05) is 18.9 Å².